The highest BCUT2D eigenvalue weighted by atomic mass is 79.9. The standard InChI is InChI=1S/C12H14BrN3O2/c1-7(2)11-14-10(15-18-11)6-16-5-9(13)4-8(3)12(16)17/h4-5,7H,6H2,1-3H3. The maximum Gasteiger partial charge on any atom is 0.253 e. The predicted octanol–water partition coefficient (Wildman–Crippen LogP) is 2.47. The van der Waals surface area contributed by atoms with Crippen LogP contribution in [0.5, 0.6) is 0 Å². The first kappa shape index (κ1) is 13.0. The second kappa shape index (κ2) is 5.06. The Morgan fingerprint density at radius 1 is 1.50 bits per heavy atom. The maximum absolute atomic E-state index is 11.9. The minimum absolute atomic E-state index is 0.0471. The Labute approximate surface area is 113 Å². The third-order valence-corrected chi connectivity index (χ3v) is 2.95. The molecule has 6 heteroatoms. The van der Waals surface area contributed by atoms with E-state index in [1.807, 2.05) is 13.8 Å². The fourth-order valence-corrected chi connectivity index (χ4v) is 2.17. The first-order chi connectivity index (χ1) is 8.47. The van der Waals surface area contributed by atoms with E-state index in [9.17, 15) is 4.79 Å². The minimum Gasteiger partial charge on any atom is -0.339 e. The molecule has 2 rings (SSSR count). The normalized spacial score (nSPS) is 11.2. The second-order valence-corrected chi connectivity index (χ2v) is 5.39. The fourth-order valence-electron chi connectivity index (χ4n) is 1.58. The van der Waals surface area contributed by atoms with E-state index in [0.717, 1.165) is 4.47 Å². The Hall–Kier alpha value is -1.43. The molecular formula is C12H14BrN3O2. The van der Waals surface area contributed by atoms with E-state index in [1.54, 1.807) is 23.8 Å². The molecule has 0 atom stereocenters. The average molecular weight is 312 g/mol. The number of nitrogens with zero attached hydrogens (tertiary/aromatic N) is 3. The Morgan fingerprint density at radius 2 is 2.22 bits per heavy atom. The van der Waals surface area contributed by atoms with E-state index in [4.69, 9.17) is 4.52 Å². The van der Waals surface area contributed by atoms with Gasteiger partial charge in [0.25, 0.3) is 5.56 Å². The average Bonchev–Trinajstić information content (AvgIpc) is 2.74. The summed E-state index contributed by atoms with van der Waals surface area (Å²) >= 11 is 3.36. The van der Waals surface area contributed by atoms with Gasteiger partial charge < -0.3 is 9.09 Å². The Kier molecular flexibility index (Phi) is 3.65. The van der Waals surface area contributed by atoms with Crippen LogP contribution in [0.25, 0.3) is 0 Å². The molecule has 96 valence electrons. The van der Waals surface area contributed by atoms with Crippen molar-refractivity contribution >= 4 is 15.9 Å². The SMILES string of the molecule is Cc1cc(Br)cn(Cc2noc(C(C)C)n2)c1=O. The lowest BCUT2D eigenvalue weighted by molar-refractivity contribution is 0.359. The van der Waals surface area contributed by atoms with Crippen molar-refractivity contribution in [1.29, 1.82) is 0 Å². The summed E-state index contributed by atoms with van der Waals surface area (Å²) in [6.07, 6.45) is 1.72. The maximum atomic E-state index is 11.9. The molecule has 0 bridgehead atoms. The van der Waals surface area contributed by atoms with Crippen molar-refractivity contribution < 1.29 is 4.52 Å². The fraction of sp³-hybridized carbons (Fsp3) is 0.417. The molecule has 0 spiro atoms. The molecule has 0 fully saturated rings. The molecule has 0 aliphatic rings. The van der Waals surface area contributed by atoms with Crippen molar-refractivity contribution in [2.24, 2.45) is 0 Å². The number of aryl methyl sites for hydroxylation is 1. The molecular weight excluding hydrogens is 298 g/mol. The van der Waals surface area contributed by atoms with Crippen molar-refractivity contribution in [3.8, 4) is 0 Å². The van der Waals surface area contributed by atoms with E-state index < -0.39 is 0 Å². The molecule has 18 heavy (non-hydrogen) atoms. The van der Waals surface area contributed by atoms with Crippen LogP contribution in [0.4, 0.5) is 0 Å². The summed E-state index contributed by atoms with van der Waals surface area (Å²) in [4.78, 5) is 16.2. The Morgan fingerprint density at radius 3 is 2.83 bits per heavy atom. The molecule has 0 amide bonds. The predicted molar refractivity (Wildman–Crippen MR) is 70.6 cm³/mol. The van der Waals surface area contributed by atoms with Gasteiger partial charge in [-0.2, -0.15) is 4.98 Å². The van der Waals surface area contributed by atoms with Crippen LogP contribution in [0.3, 0.4) is 0 Å². The largest absolute Gasteiger partial charge is 0.339 e. The van der Waals surface area contributed by atoms with Gasteiger partial charge in [-0.1, -0.05) is 19.0 Å². The summed E-state index contributed by atoms with van der Waals surface area (Å²) in [5.41, 5.74) is 0.631. The van der Waals surface area contributed by atoms with Gasteiger partial charge in [0, 0.05) is 22.2 Å². The highest BCUT2D eigenvalue weighted by molar-refractivity contribution is 9.10. The topological polar surface area (TPSA) is 60.9 Å². The summed E-state index contributed by atoms with van der Waals surface area (Å²) in [7, 11) is 0. The lowest BCUT2D eigenvalue weighted by Crippen LogP contribution is -2.22. The monoisotopic (exact) mass is 311 g/mol. The lowest BCUT2D eigenvalue weighted by Gasteiger charge is -2.04. The molecule has 0 saturated heterocycles. The zero-order valence-electron chi connectivity index (χ0n) is 10.5. The summed E-state index contributed by atoms with van der Waals surface area (Å²) in [6.45, 7) is 6.05. The second-order valence-electron chi connectivity index (χ2n) is 4.48. The summed E-state index contributed by atoms with van der Waals surface area (Å²) in [5.74, 6) is 1.29. The molecule has 0 aliphatic heterocycles. The van der Waals surface area contributed by atoms with Gasteiger partial charge in [0.1, 0.15) is 0 Å². The van der Waals surface area contributed by atoms with Crippen LogP contribution < -0.4 is 5.56 Å². The molecule has 5 nitrogen and oxygen atoms in total. The van der Waals surface area contributed by atoms with Gasteiger partial charge in [0.2, 0.25) is 5.89 Å². The molecule has 0 N–H and O–H groups in total. The van der Waals surface area contributed by atoms with E-state index in [1.165, 1.54) is 0 Å². The van der Waals surface area contributed by atoms with Crippen LogP contribution in [0.2, 0.25) is 0 Å². The van der Waals surface area contributed by atoms with Crippen LogP contribution in [-0.2, 0) is 6.54 Å². The molecule has 0 radical (unpaired) electrons. The molecule has 0 saturated carbocycles. The van der Waals surface area contributed by atoms with Crippen molar-refractivity contribution in [1.82, 2.24) is 14.7 Å². The molecule has 0 aromatic carbocycles. The van der Waals surface area contributed by atoms with Gasteiger partial charge in [-0.25, -0.2) is 0 Å². The van der Waals surface area contributed by atoms with Crippen LogP contribution in [0, 0.1) is 6.92 Å². The number of pyridine rings is 1. The van der Waals surface area contributed by atoms with E-state index in [0.29, 0.717) is 23.8 Å². The molecule has 2 heterocycles. The number of hydrogen-bond acceptors (Lipinski definition) is 4. The zero-order chi connectivity index (χ0) is 13.3. The van der Waals surface area contributed by atoms with Crippen molar-refractivity contribution in [3.05, 3.63) is 44.4 Å². The number of rotatable bonds is 3. The molecule has 2 aromatic heterocycles. The van der Waals surface area contributed by atoms with Crippen LogP contribution >= 0.6 is 15.9 Å². The minimum atomic E-state index is -0.0471. The Bertz CT molecular complexity index is 616. The van der Waals surface area contributed by atoms with Gasteiger partial charge in [-0.3, -0.25) is 4.79 Å². The first-order valence-corrected chi connectivity index (χ1v) is 6.45. The van der Waals surface area contributed by atoms with E-state index >= 15 is 0 Å². The van der Waals surface area contributed by atoms with Crippen LogP contribution in [0.15, 0.2) is 26.1 Å². The molecule has 0 unspecified atom stereocenters. The first-order valence-electron chi connectivity index (χ1n) is 5.66. The van der Waals surface area contributed by atoms with Crippen molar-refractivity contribution in [2.45, 2.75) is 33.2 Å². The van der Waals surface area contributed by atoms with E-state index in [2.05, 4.69) is 26.1 Å². The van der Waals surface area contributed by atoms with Crippen molar-refractivity contribution in [2.75, 3.05) is 0 Å². The third-order valence-electron chi connectivity index (χ3n) is 2.52. The zero-order valence-corrected chi connectivity index (χ0v) is 12.1. The highest BCUT2D eigenvalue weighted by Crippen LogP contribution is 2.12. The van der Waals surface area contributed by atoms with Crippen molar-refractivity contribution in [3.63, 3.8) is 0 Å². The summed E-state index contributed by atoms with van der Waals surface area (Å²) in [6, 6.07) is 1.79. The summed E-state index contributed by atoms with van der Waals surface area (Å²) in [5, 5.41) is 3.87. The number of halogens is 1. The number of aromatic nitrogens is 3. The highest BCUT2D eigenvalue weighted by Gasteiger charge is 2.11. The smallest absolute Gasteiger partial charge is 0.253 e. The van der Waals surface area contributed by atoms with Crippen LogP contribution in [0.1, 0.15) is 37.0 Å². The number of hydrogen-bond donors (Lipinski definition) is 0. The van der Waals surface area contributed by atoms with Gasteiger partial charge in [0.15, 0.2) is 5.82 Å². The van der Waals surface area contributed by atoms with Gasteiger partial charge in [-0.15, -0.1) is 0 Å². The molecule has 2 aromatic rings. The lowest BCUT2D eigenvalue weighted by atomic mass is 10.2. The van der Waals surface area contributed by atoms with Gasteiger partial charge in [0.05, 0.1) is 6.54 Å². The quantitative estimate of drug-likeness (QED) is 0.873. The molecule has 0 aliphatic carbocycles. The van der Waals surface area contributed by atoms with E-state index in [-0.39, 0.29) is 11.5 Å². The van der Waals surface area contributed by atoms with Gasteiger partial charge >= 0.3 is 0 Å². The Balaban J connectivity index is 2.31. The van der Waals surface area contributed by atoms with Gasteiger partial charge in [-0.05, 0) is 28.9 Å². The van der Waals surface area contributed by atoms with Crippen LogP contribution in [-0.4, -0.2) is 14.7 Å². The summed E-state index contributed by atoms with van der Waals surface area (Å²) < 4.78 is 7.53. The third kappa shape index (κ3) is 2.69.